The number of esters is 1. The number of aryl methyl sites for hydroxylation is 1. The first-order chi connectivity index (χ1) is 6.69. The zero-order valence-electron chi connectivity index (χ0n) is 8.24. The third-order valence-electron chi connectivity index (χ3n) is 1.76. The number of hydrogen-bond donors (Lipinski definition) is 0. The molecule has 1 heterocycles. The minimum absolute atomic E-state index is 0.337. The Morgan fingerprint density at radius 2 is 2.43 bits per heavy atom. The van der Waals surface area contributed by atoms with Crippen LogP contribution in [-0.2, 0) is 16.1 Å². The highest BCUT2D eigenvalue weighted by atomic mass is 35.5. The van der Waals surface area contributed by atoms with Gasteiger partial charge in [0, 0.05) is 18.3 Å². The van der Waals surface area contributed by atoms with E-state index in [0.717, 1.165) is 6.54 Å². The molecule has 0 spiro atoms. The second-order valence-corrected chi connectivity index (χ2v) is 3.18. The summed E-state index contributed by atoms with van der Waals surface area (Å²) in [6.07, 6.45) is 3.33. The van der Waals surface area contributed by atoms with Crippen molar-refractivity contribution in [1.29, 1.82) is 0 Å². The lowest BCUT2D eigenvalue weighted by Gasteiger charge is -2.05. The van der Waals surface area contributed by atoms with Crippen LogP contribution in [0.2, 0.25) is 0 Å². The topological polar surface area (TPSA) is 44.1 Å². The molecule has 0 saturated carbocycles. The van der Waals surface area contributed by atoms with E-state index in [4.69, 9.17) is 16.3 Å². The monoisotopic (exact) mass is 216 g/mol. The highest BCUT2D eigenvalue weighted by Crippen LogP contribution is 2.21. The number of carbonyl (C=O) groups excluding carboxylic acids is 1. The first kappa shape index (κ1) is 11.0. The molecule has 1 rings (SSSR count). The molecule has 1 atom stereocenters. The molecule has 0 aliphatic rings. The fourth-order valence-electron chi connectivity index (χ4n) is 1.03. The van der Waals surface area contributed by atoms with Crippen molar-refractivity contribution in [3.63, 3.8) is 0 Å². The third kappa shape index (κ3) is 2.48. The number of nitrogens with zero attached hydrogens (tertiary/aromatic N) is 2. The predicted octanol–water partition coefficient (Wildman–Crippen LogP) is 1.75. The quantitative estimate of drug-likeness (QED) is 0.569. The molecule has 14 heavy (non-hydrogen) atoms. The zero-order valence-corrected chi connectivity index (χ0v) is 8.99. The fraction of sp³-hybridized carbons (Fsp3) is 0.556. The van der Waals surface area contributed by atoms with Gasteiger partial charge in [0.05, 0.1) is 12.8 Å². The largest absolute Gasteiger partial charge is 0.465 e. The van der Waals surface area contributed by atoms with E-state index in [2.05, 4.69) is 5.10 Å². The van der Waals surface area contributed by atoms with Gasteiger partial charge in [-0.1, -0.05) is 0 Å². The highest BCUT2D eigenvalue weighted by Gasteiger charge is 2.20. The molecule has 0 aromatic carbocycles. The molecule has 5 heteroatoms. The number of aromatic nitrogens is 2. The number of halogens is 1. The summed E-state index contributed by atoms with van der Waals surface area (Å²) in [5.41, 5.74) is 0.673. The van der Waals surface area contributed by atoms with Crippen LogP contribution in [0.5, 0.6) is 0 Å². The van der Waals surface area contributed by atoms with Gasteiger partial charge < -0.3 is 4.74 Å². The number of carbonyl (C=O) groups is 1. The molecule has 0 bridgehead atoms. The molecule has 0 aliphatic carbocycles. The maximum Gasteiger partial charge on any atom is 0.328 e. The molecule has 1 aromatic heterocycles. The summed E-state index contributed by atoms with van der Waals surface area (Å²) >= 11 is 5.88. The Bertz CT molecular complexity index is 312. The molecule has 0 aliphatic heterocycles. The molecule has 0 N–H and O–H groups in total. The number of hydrogen-bond acceptors (Lipinski definition) is 3. The van der Waals surface area contributed by atoms with Crippen LogP contribution in [0.3, 0.4) is 0 Å². The second-order valence-electron chi connectivity index (χ2n) is 2.74. The van der Waals surface area contributed by atoms with E-state index >= 15 is 0 Å². The Morgan fingerprint density at radius 3 is 2.93 bits per heavy atom. The van der Waals surface area contributed by atoms with Crippen LogP contribution in [0.25, 0.3) is 0 Å². The fourth-order valence-corrected chi connectivity index (χ4v) is 1.21. The number of alkyl halides is 1. The second kappa shape index (κ2) is 5.00. The predicted molar refractivity (Wildman–Crippen MR) is 53.1 cm³/mol. The first-order valence-corrected chi connectivity index (χ1v) is 4.95. The minimum Gasteiger partial charge on any atom is -0.465 e. The molecule has 0 amide bonds. The van der Waals surface area contributed by atoms with E-state index in [0.29, 0.717) is 12.2 Å². The highest BCUT2D eigenvalue weighted by molar-refractivity contribution is 6.29. The Morgan fingerprint density at radius 1 is 1.71 bits per heavy atom. The van der Waals surface area contributed by atoms with E-state index < -0.39 is 11.3 Å². The van der Waals surface area contributed by atoms with Crippen molar-refractivity contribution >= 4 is 17.6 Å². The van der Waals surface area contributed by atoms with Gasteiger partial charge in [0.1, 0.15) is 0 Å². The first-order valence-electron chi connectivity index (χ1n) is 4.52. The number of ether oxygens (including phenoxy) is 1. The van der Waals surface area contributed by atoms with Gasteiger partial charge in [0.25, 0.3) is 0 Å². The zero-order chi connectivity index (χ0) is 10.6. The van der Waals surface area contributed by atoms with Crippen LogP contribution in [0, 0.1) is 0 Å². The molecule has 0 radical (unpaired) electrons. The van der Waals surface area contributed by atoms with Crippen molar-refractivity contribution in [2.75, 3.05) is 6.61 Å². The van der Waals surface area contributed by atoms with Gasteiger partial charge in [0.15, 0.2) is 5.38 Å². The van der Waals surface area contributed by atoms with E-state index in [1.54, 1.807) is 24.0 Å². The minimum atomic E-state index is -0.754. The molecule has 78 valence electrons. The smallest absolute Gasteiger partial charge is 0.328 e. The van der Waals surface area contributed by atoms with E-state index in [1.165, 1.54) is 0 Å². The van der Waals surface area contributed by atoms with Crippen molar-refractivity contribution in [3.8, 4) is 0 Å². The van der Waals surface area contributed by atoms with Crippen molar-refractivity contribution in [2.45, 2.75) is 25.8 Å². The molecule has 0 saturated heterocycles. The van der Waals surface area contributed by atoms with Gasteiger partial charge in [0.2, 0.25) is 0 Å². The van der Waals surface area contributed by atoms with Crippen LogP contribution in [0.15, 0.2) is 12.4 Å². The Balaban J connectivity index is 2.68. The van der Waals surface area contributed by atoms with Gasteiger partial charge in [-0.3, -0.25) is 9.48 Å². The van der Waals surface area contributed by atoms with Crippen molar-refractivity contribution in [3.05, 3.63) is 18.0 Å². The van der Waals surface area contributed by atoms with Crippen LogP contribution in [0.1, 0.15) is 24.8 Å². The van der Waals surface area contributed by atoms with Crippen molar-refractivity contribution in [1.82, 2.24) is 9.78 Å². The van der Waals surface area contributed by atoms with Gasteiger partial charge in [-0.15, -0.1) is 11.6 Å². The molecular formula is C9H13ClN2O2. The summed E-state index contributed by atoms with van der Waals surface area (Å²) in [6.45, 7) is 4.80. The van der Waals surface area contributed by atoms with Crippen LogP contribution in [-0.4, -0.2) is 22.4 Å². The van der Waals surface area contributed by atoms with Gasteiger partial charge in [-0.25, -0.2) is 0 Å². The average molecular weight is 217 g/mol. The summed E-state index contributed by atoms with van der Waals surface area (Å²) in [5.74, 6) is -0.426. The summed E-state index contributed by atoms with van der Waals surface area (Å²) in [4.78, 5) is 11.2. The summed E-state index contributed by atoms with van der Waals surface area (Å²) in [7, 11) is 0. The third-order valence-corrected chi connectivity index (χ3v) is 2.19. The lowest BCUT2D eigenvalue weighted by Crippen LogP contribution is -2.10. The lowest BCUT2D eigenvalue weighted by molar-refractivity contribution is -0.142. The summed E-state index contributed by atoms with van der Waals surface area (Å²) in [5, 5.41) is 3.27. The van der Waals surface area contributed by atoms with Crippen LogP contribution >= 0.6 is 11.6 Å². The molecule has 1 unspecified atom stereocenters. The van der Waals surface area contributed by atoms with Gasteiger partial charge >= 0.3 is 5.97 Å². The normalized spacial score (nSPS) is 12.5. The maximum absolute atomic E-state index is 11.2. The standard InChI is InChI=1S/C9H13ClN2O2/c1-3-12-6-7(5-11-12)8(10)9(13)14-4-2/h5-6,8H,3-4H2,1-2H3. The molecule has 4 nitrogen and oxygen atoms in total. The lowest BCUT2D eigenvalue weighted by atomic mass is 10.2. The summed E-state index contributed by atoms with van der Waals surface area (Å²) < 4.78 is 6.51. The van der Waals surface area contributed by atoms with Gasteiger partial charge in [-0.2, -0.15) is 5.10 Å². The molecule has 1 aromatic rings. The Hall–Kier alpha value is -1.03. The van der Waals surface area contributed by atoms with Crippen molar-refractivity contribution < 1.29 is 9.53 Å². The van der Waals surface area contributed by atoms with E-state index in [9.17, 15) is 4.79 Å². The van der Waals surface area contributed by atoms with Crippen molar-refractivity contribution in [2.24, 2.45) is 0 Å². The Labute approximate surface area is 87.8 Å². The van der Waals surface area contributed by atoms with E-state index in [-0.39, 0.29) is 0 Å². The van der Waals surface area contributed by atoms with Gasteiger partial charge in [-0.05, 0) is 13.8 Å². The maximum atomic E-state index is 11.2. The molecule has 0 fully saturated rings. The Kier molecular flexibility index (Phi) is 3.95. The van der Waals surface area contributed by atoms with Crippen LogP contribution < -0.4 is 0 Å². The average Bonchev–Trinajstić information content (AvgIpc) is 2.65. The molecular weight excluding hydrogens is 204 g/mol. The SMILES string of the molecule is CCOC(=O)C(Cl)c1cnn(CC)c1. The van der Waals surface area contributed by atoms with E-state index in [1.807, 2.05) is 6.92 Å². The number of rotatable bonds is 4. The van der Waals surface area contributed by atoms with Crippen LogP contribution in [0.4, 0.5) is 0 Å². The summed E-state index contributed by atoms with van der Waals surface area (Å²) in [6, 6.07) is 0.